The molecule has 0 bridgehead atoms. The van der Waals surface area contributed by atoms with Crippen LogP contribution in [-0.4, -0.2) is 36.7 Å². The van der Waals surface area contributed by atoms with Crippen LogP contribution < -0.4 is 5.32 Å². The Morgan fingerprint density at radius 2 is 2.00 bits per heavy atom. The van der Waals surface area contributed by atoms with E-state index in [9.17, 15) is 9.59 Å². The lowest BCUT2D eigenvalue weighted by atomic mass is 9.89. The first-order chi connectivity index (χ1) is 9.60. The SMILES string of the molecule is CCC(=O)Nc1cccc(C(=O)C2CCN(C)CC2)c1. The Morgan fingerprint density at radius 1 is 1.30 bits per heavy atom. The second-order valence-electron chi connectivity index (χ2n) is 5.42. The Labute approximate surface area is 120 Å². The molecule has 1 N–H and O–H groups in total. The number of likely N-dealkylation sites (tertiary alicyclic amines) is 1. The highest BCUT2D eigenvalue weighted by Crippen LogP contribution is 2.22. The van der Waals surface area contributed by atoms with Gasteiger partial charge in [0.2, 0.25) is 5.91 Å². The van der Waals surface area contributed by atoms with E-state index in [0.29, 0.717) is 17.7 Å². The average molecular weight is 274 g/mol. The number of hydrogen-bond donors (Lipinski definition) is 1. The number of carbonyl (C=O) groups excluding carboxylic acids is 2. The quantitative estimate of drug-likeness (QED) is 0.858. The van der Waals surface area contributed by atoms with Gasteiger partial charge in [0, 0.05) is 23.6 Å². The van der Waals surface area contributed by atoms with Crippen molar-refractivity contribution in [1.29, 1.82) is 0 Å². The minimum Gasteiger partial charge on any atom is -0.326 e. The number of piperidine rings is 1. The molecule has 1 aromatic carbocycles. The third-order valence-electron chi connectivity index (χ3n) is 3.84. The molecule has 0 saturated carbocycles. The first kappa shape index (κ1) is 14.7. The zero-order valence-corrected chi connectivity index (χ0v) is 12.2. The largest absolute Gasteiger partial charge is 0.326 e. The molecular formula is C16H22N2O2. The van der Waals surface area contributed by atoms with Gasteiger partial charge in [-0.1, -0.05) is 19.1 Å². The maximum atomic E-state index is 12.5. The van der Waals surface area contributed by atoms with Crippen LogP contribution in [0, 0.1) is 5.92 Å². The summed E-state index contributed by atoms with van der Waals surface area (Å²) in [5.41, 5.74) is 1.41. The van der Waals surface area contributed by atoms with Crippen molar-refractivity contribution < 1.29 is 9.59 Å². The van der Waals surface area contributed by atoms with E-state index in [1.165, 1.54) is 0 Å². The second-order valence-corrected chi connectivity index (χ2v) is 5.42. The van der Waals surface area contributed by atoms with Crippen LogP contribution in [0.4, 0.5) is 5.69 Å². The summed E-state index contributed by atoms with van der Waals surface area (Å²) in [6.45, 7) is 3.76. The molecule has 1 fully saturated rings. The number of carbonyl (C=O) groups is 2. The van der Waals surface area contributed by atoms with Crippen LogP contribution in [0.15, 0.2) is 24.3 Å². The van der Waals surface area contributed by atoms with Gasteiger partial charge in [0.1, 0.15) is 0 Å². The molecule has 20 heavy (non-hydrogen) atoms. The van der Waals surface area contributed by atoms with E-state index in [0.717, 1.165) is 25.9 Å². The van der Waals surface area contributed by atoms with Crippen molar-refractivity contribution in [3.8, 4) is 0 Å². The first-order valence-corrected chi connectivity index (χ1v) is 7.23. The molecule has 1 amide bonds. The fourth-order valence-electron chi connectivity index (χ4n) is 2.51. The topological polar surface area (TPSA) is 49.4 Å². The molecule has 1 aromatic rings. The van der Waals surface area contributed by atoms with Crippen molar-refractivity contribution in [2.75, 3.05) is 25.5 Å². The standard InChI is InChI=1S/C16H22N2O2/c1-3-15(19)17-14-6-4-5-13(11-14)16(20)12-7-9-18(2)10-8-12/h4-6,11-12H,3,7-10H2,1-2H3,(H,17,19). The maximum absolute atomic E-state index is 12.5. The monoisotopic (exact) mass is 274 g/mol. The zero-order chi connectivity index (χ0) is 14.5. The van der Waals surface area contributed by atoms with E-state index in [-0.39, 0.29) is 17.6 Å². The molecule has 0 aliphatic carbocycles. The van der Waals surface area contributed by atoms with Gasteiger partial charge in [0.05, 0.1) is 0 Å². The predicted molar refractivity (Wildman–Crippen MR) is 79.9 cm³/mol. The van der Waals surface area contributed by atoms with E-state index in [1.807, 2.05) is 25.1 Å². The normalized spacial score (nSPS) is 16.9. The molecule has 0 atom stereocenters. The molecule has 108 valence electrons. The van der Waals surface area contributed by atoms with Gasteiger partial charge in [0.15, 0.2) is 5.78 Å². The smallest absolute Gasteiger partial charge is 0.224 e. The van der Waals surface area contributed by atoms with Gasteiger partial charge in [0.25, 0.3) is 0 Å². The van der Waals surface area contributed by atoms with Gasteiger partial charge in [-0.3, -0.25) is 9.59 Å². The van der Waals surface area contributed by atoms with E-state index in [4.69, 9.17) is 0 Å². The second kappa shape index (κ2) is 6.66. The van der Waals surface area contributed by atoms with E-state index in [2.05, 4.69) is 17.3 Å². The number of anilines is 1. The summed E-state index contributed by atoms with van der Waals surface area (Å²) in [4.78, 5) is 26.1. The molecule has 0 aromatic heterocycles. The van der Waals surface area contributed by atoms with Crippen LogP contribution in [0.2, 0.25) is 0 Å². The minimum absolute atomic E-state index is 0.0334. The highest BCUT2D eigenvalue weighted by molar-refractivity contribution is 5.99. The highest BCUT2D eigenvalue weighted by Gasteiger charge is 2.24. The van der Waals surface area contributed by atoms with Crippen molar-refractivity contribution in [1.82, 2.24) is 4.90 Å². The summed E-state index contributed by atoms with van der Waals surface area (Å²) >= 11 is 0. The van der Waals surface area contributed by atoms with Crippen LogP contribution >= 0.6 is 0 Å². The number of rotatable bonds is 4. The van der Waals surface area contributed by atoms with Crippen LogP contribution in [0.25, 0.3) is 0 Å². The van der Waals surface area contributed by atoms with Crippen LogP contribution in [0.1, 0.15) is 36.5 Å². The summed E-state index contributed by atoms with van der Waals surface area (Å²) in [5.74, 6) is 0.280. The molecule has 0 spiro atoms. The Morgan fingerprint density at radius 3 is 2.65 bits per heavy atom. The number of amides is 1. The lowest BCUT2D eigenvalue weighted by Gasteiger charge is -2.28. The fraction of sp³-hybridized carbons (Fsp3) is 0.500. The van der Waals surface area contributed by atoms with Gasteiger partial charge < -0.3 is 10.2 Å². The third kappa shape index (κ3) is 3.67. The number of hydrogen-bond acceptors (Lipinski definition) is 3. The molecule has 2 rings (SSSR count). The van der Waals surface area contributed by atoms with Crippen LogP contribution in [0.3, 0.4) is 0 Å². The van der Waals surface area contributed by atoms with Gasteiger partial charge in [-0.25, -0.2) is 0 Å². The van der Waals surface area contributed by atoms with Gasteiger partial charge >= 0.3 is 0 Å². The summed E-state index contributed by atoms with van der Waals surface area (Å²) in [6, 6.07) is 7.27. The minimum atomic E-state index is -0.0334. The van der Waals surface area contributed by atoms with E-state index >= 15 is 0 Å². The van der Waals surface area contributed by atoms with Gasteiger partial charge in [-0.05, 0) is 45.1 Å². The molecule has 0 unspecified atom stereocenters. The first-order valence-electron chi connectivity index (χ1n) is 7.23. The summed E-state index contributed by atoms with van der Waals surface area (Å²) in [5, 5.41) is 2.80. The maximum Gasteiger partial charge on any atom is 0.224 e. The average Bonchev–Trinajstić information content (AvgIpc) is 2.47. The Kier molecular flexibility index (Phi) is 4.90. The van der Waals surface area contributed by atoms with Crippen molar-refractivity contribution in [2.45, 2.75) is 26.2 Å². The number of benzene rings is 1. The molecule has 1 aliphatic heterocycles. The lowest BCUT2D eigenvalue weighted by Crippen LogP contribution is -2.33. The van der Waals surface area contributed by atoms with Crippen molar-refractivity contribution in [3.05, 3.63) is 29.8 Å². The zero-order valence-electron chi connectivity index (χ0n) is 12.2. The molecule has 1 saturated heterocycles. The van der Waals surface area contributed by atoms with E-state index in [1.54, 1.807) is 6.07 Å². The molecule has 1 aliphatic rings. The van der Waals surface area contributed by atoms with Crippen LogP contribution in [0.5, 0.6) is 0 Å². The Hall–Kier alpha value is -1.68. The third-order valence-corrected chi connectivity index (χ3v) is 3.84. The number of Topliss-reactive ketones (excluding diaryl/α,β-unsaturated/α-hetero) is 1. The van der Waals surface area contributed by atoms with Crippen molar-refractivity contribution in [2.24, 2.45) is 5.92 Å². The molecule has 0 radical (unpaired) electrons. The predicted octanol–water partition coefficient (Wildman–Crippen LogP) is 2.56. The Bertz CT molecular complexity index is 491. The van der Waals surface area contributed by atoms with E-state index < -0.39 is 0 Å². The summed E-state index contributed by atoms with van der Waals surface area (Å²) in [7, 11) is 2.08. The number of ketones is 1. The van der Waals surface area contributed by atoms with Gasteiger partial charge in [-0.15, -0.1) is 0 Å². The molecule has 1 heterocycles. The summed E-state index contributed by atoms with van der Waals surface area (Å²) in [6.07, 6.45) is 2.27. The van der Waals surface area contributed by atoms with Crippen molar-refractivity contribution >= 4 is 17.4 Å². The van der Waals surface area contributed by atoms with Gasteiger partial charge in [-0.2, -0.15) is 0 Å². The van der Waals surface area contributed by atoms with Crippen LogP contribution in [-0.2, 0) is 4.79 Å². The number of nitrogens with one attached hydrogen (secondary N) is 1. The highest BCUT2D eigenvalue weighted by atomic mass is 16.1. The lowest BCUT2D eigenvalue weighted by molar-refractivity contribution is -0.115. The van der Waals surface area contributed by atoms with Crippen molar-refractivity contribution in [3.63, 3.8) is 0 Å². The molecule has 4 heteroatoms. The summed E-state index contributed by atoms with van der Waals surface area (Å²) < 4.78 is 0. The number of nitrogens with zero attached hydrogens (tertiary/aromatic N) is 1. The Balaban J connectivity index is 2.06. The molecular weight excluding hydrogens is 252 g/mol. The molecule has 4 nitrogen and oxygen atoms in total. The fourth-order valence-corrected chi connectivity index (χ4v) is 2.51.